The maximum atomic E-state index is 6.73. The summed E-state index contributed by atoms with van der Waals surface area (Å²) < 4.78 is 6.73. The molecule has 2 nitrogen and oxygen atoms in total. The van der Waals surface area contributed by atoms with E-state index in [0.29, 0.717) is 0 Å². The second-order valence-corrected chi connectivity index (χ2v) is 19.7. The Bertz CT molecular complexity index is 3850. The lowest BCUT2D eigenvalue weighted by atomic mass is 9.66. The van der Waals surface area contributed by atoms with E-state index < -0.39 is 10.8 Å². The molecule has 0 bridgehead atoms. The first-order valence-corrected chi connectivity index (χ1v) is 24.6. The monoisotopic (exact) mass is 895 g/mol. The van der Waals surface area contributed by atoms with Crippen molar-refractivity contribution in [1.29, 1.82) is 0 Å². The second kappa shape index (κ2) is 14.6. The summed E-state index contributed by atoms with van der Waals surface area (Å²) >= 11 is 1.89. The van der Waals surface area contributed by atoms with E-state index in [2.05, 4.69) is 254 Å². The topological polar surface area (TPSA) is 12.5 Å². The summed E-state index contributed by atoms with van der Waals surface area (Å²) in [5.74, 6) is 1.78. The summed E-state index contributed by atoms with van der Waals surface area (Å²) in [5, 5.41) is 2.45. The van der Waals surface area contributed by atoms with Crippen LogP contribution in [0.3, 0.4) is 0 Å². The molecule has 0 atom stereocenters. The number of rotatable bonds is 4. The minimum absolute atomic E-state index is 0.433. The highest BCUT2D eigenvalue weighted by molar-refractivity contribution is 7.99. The van der Waals surface area contributed by atoms with E-state index in [1.807, 2.05) is 11.8 Å². The SMILES string of the molecule is c1ccc(-c2ccccc2N(c2ccc3c(c2)C2(c4ccccc4Oc4ccccc42)c2ccccc2-3)c2ccc3c4c(ccc3c2)C2(c3ccccc3Sc3ccccc32)c2ccccc2-4)cc1. The van der Waals surface area contributed by atoms with E-state index in [-0.39, 0.29) is 0 Å². The Morgan fingerprint density at radius 1 is 0.333 bits per heavy atom. The van der Waals surface area contributed by atoms with Gasteiger partial charge in [0.15, 0.2) is 0 Å². The lowest BCUT2D eigenvalue weighted by molar-refractivity contribution is 0.436. The van der Waals surface area contributed by atoms with Crippen molar-refractivity contribution in [3.05, 3.63) is 293 Å². The number of anilines is 3. The first kappa shape index (κ1) is 38.7. The fourth-order valence-electron chi connectivity index (χ4n) is 12.7. The number of hydrogen-bond acceptors (Lipinski definition) is 3. The molecule has 11 aromatic rings. The molecule has 11 aromatic carbocycles. The van der Waals surface area contributed by atoms with Gasteiger partial charge in [0.25, 0.3) is 0 Å². The van der Waals surface area contributed by atoms with E-state index >= 15 is 0 Å². The van der Waals surface area contributed by atoms with Crippen LogP contribution < -0.4 is 9.64 Å². The molecule has 15 rings (SSSR count). The molecule has 2 aliphatic heterocycles. The van der Waals surface area contributed by atoms with Gasteiger partial charge in [-0.1, -0.05) is 206 Å². The summed E-state index contributed by atoms with van der Waals surface area (Å²) in [5.41, 5.74) is 19.9. The molecule has 0 saturated heterocycles. The van der Waals surface area contributed by atoms with Crippen molar-refractivity contribution in [3.8, 4) is 44.9 Å². The van der Waals surface area contributed by atoms with Gasteiger partial charge in [-0.15, -0.1) is 0 Å². The predicted octanol–water partition coefficient (Wildman–Crippen LogP) is 17.3. The molecule has 0 N–H and O–H groups in total. The normalized spacial score (nSPS) is 14.4. The number of hydrogen-bond donors (Lipinski definition) is 0. The van der Waals surface area contributed by atoms with Crippen LogP contribution in [0.25, 0.3) is 44.2 Å². The van der Waals surface area contributed by atoms with Gasteiger partial charge in [-0.05, 0) is 127 Å². The highest BCUT2D eigenvalue weighted by Crippen LogP contribution is 2.65. The summed E-state index contributed by atoms with van der Waals surface area (Å²) in [6, 6.07) is 92.3. The lowest BCUT2D eigenvalue weighted by Gasteiger charge is -2.39. The zero-order chi connectivity index (χ0) is 45.3. The Morgan fingerprint density at radius 2 is 0.841 bits per heavy atom. The predicted molar refractivity (Wildman–Crippen MR) is 283 cm³/mol. The summed E-state index contributed by atoms with van der Waals surface area (Å²) in [7, 11) is 0. The number of nitrogens with zero attached hydrogens (tertiary/aromatic N) is 1. The van der Waals surface area contributed by atoms with Crippen LogP contribution in [0.5, 0.6) is 11.5 Å². The van der Waals surface area contributed by atoms with Crippen LogP contribution in [0.2, 0.25) is 0 Å². The molecular weight excluding hydrogens is 855 g/mol. The molecule has 2 aliphatic carbocycles. The van der Waals surface area contributed by atoms with E-state index in [0.717, 1.165) is 45.3 Å². The third kappa shape index (κ3) is 5.17. The Kier molecular flexibility index (Phi) is 8.17. The van der Waals surface area contributed by atoms with Crippen LogP contribution in [0.1, 0.15) is 44.5 Å². The fourth-order valence-corrected chi connectivity index (χ4v) is 13.9. The van der Waals surface area contributed by atoms with Gasteiger partial charge >= 0.3 is 0 Å². The van der Waals surface area contributed by atoms with Crippen LogP contribution in [0.15, 0.2) is 259 Å². The average molecular weight is 896 g/mol. The molecule has 0 aromatic heterocycles. The second-order valence-electron chi connectivity index (χ2n) is 18.6. The van der Waals surface area contributed by atoms with Gasteiger partial charge < -0.3 is 9.64 Å². The Balaban J connectivity index is 0.985. The maximum Gasteiger partial charge on any atom is 0.132 e. The van der Waals surface area contributed by atoms with Crippen LogP contribution in [0, 0.1) is 0 Å². The van der Waals surface area contributed by atoms with Gasteiger partial charge in [-0.2, -0.15) is 0 Å². The van der Waals surface area contributed by atoms with Crippen molar-refractivity contribution in [2.75, 3.05) is 4.90 Å². The van der Waals surface area contributed by atoms with E-state index in [4.69, 9.17) is 4.74 Å². The number of ether oxygens (including phenoxy) is 1. The highest BCUT2D eigenvalue weighted by Gasteiger charge is 2.52. The number of fused-ring (bicyclic) bond motifs is 20. The molecule has 2 spiro atoms. The van der Waals surface area contributed by atoms with E-state index in [1.165, 1.54) is 81.8 Å². The first-order chi connectivity index (χ1) is 34.2. The van der Waals surface area contributed by atoms with E-state index in [9.17, 15) is 0 Å². The van der Waals surface area contributed by atoms with Crippen molar-refractivity contribution >= 4 is 39.6 Å². The van der Waals surface area contributed by atoms with Gasteiger partial charge in [0.05, 0.1) is 16.5 Å². The summed E-state index contributed by atoms with van der Waals surface area (Å²) in [4.78, 5) is 5.12. The van der Waals surface area contributed by atoms with Crippen LogP contribution in [0.4, 0.5) is 17.1 Å². The van der Waals surface area contributed by atoms with E-state index in [1.54, 1.807) is 0 Å². The van der Waals surface area contributed by atoms with Gasteiger partial charge in [0.1, 0.15) is 11.5 Å². The lowest BCUT2D eigenvalue weighted by Crippen LogP contribution is -2.32. The Hall–Kier alpha value is -8.37. The quantitative estimate of drug-likeness (QED) is 0.175. The molecule has 0 radical (unpaired) electrons. The van der Waals surface area contributed by atoms with Gasteiger partial charge in [-0.25, -0.2) is 0 Å². The minimum Gasteiger partial charge on any atom is -0.457 e. The standard InChI is InChI=1S/C66H41NOS/c1-2-18-42(19-3-1)46-20-6-13-29-59(46)67(45-36-38-49-48-21-4-7-23-51(48)65(58(49)41-45)53-25-9-14-30-60(53)68-61-31-15-10-26-54(61)65)44-35-37-47-43(40-44)34-39-57-64(47)50-22-5-8-24-52(50)66(57)55-27-11-16-32-62(55)69-63-33-17-12-28-56(63)66/h1-41H. The van der Waals surface area contributed by atoms with Crippen molar-refractivity contribution in [2.24, 2.45) is 0 Å². The van der Waals surface area contributed by atoms with Gasteiger partial charge in [-0.3, -0.25) is 0 Å². The number of para-hydroxylation sites is 3. The molecule has 3 heteroatoms. The molecule has 4 aliphatic rings. The van der Waals surface area contributed by atoms with Crippen molar-refractivity contribution < 1.29 is 4.74 Å². The maximum absolute atomic E-state index is 6.73. The summed E-state index contributed by atoms with van der Waals surface area (Å²) in [6.45, 7) is 0. The van der Waals surface area contributed by atoms with Gasteiger partial charge in [0, 0.05) is 37.9 Å². The smallest absolute Gasteiger partial charge is 0.132 e. The molecule has 69 heavy (non-hydrogen) atoms. The largest absolute Gasteiger partial charge is 0.457 e. The zero-order valence-electron chi connectivity index (χ0n) is 37.4. The van der Waals surface area contributed by atoms with Crippen LogP contribution in [-0.4, -0.2) is 0 Å². The Labute approximate surface area is 405 Å². The van der Waals surface area contributed by atoms with Crippen molar-refractivity contribution in [3.63, 3.8) is 0 Å². The molecule has 2 heterocycles. The zero-order valence-corrected chi connectivity index (χ0v) is 38.3. The molecule has 0 unspecified atom stereocenters. The Morgan fingerprint density at radius 3 is 1.55 bits per heavy atom. The third-order valence-electron chi connectivity index (χ3n) is 15.4. The van der Waals surface area contributed by atoms with Gasteiger partial charge in [0.2, 0.25) is 0 Å². The van der Waals surface area contributed by atoms with Crippen molar-refractivity contribution in [2.45, 2.75) is 20.6 Å². The third-order valence-corrected chi connectivity index (χ3v) is 16.5. The molecule has 0 amide bonds. The van der Waals surface area contributed by atoms with Crippen LogP contribution in [-0.2, 0) is 10.8 Å². The molecule has 0 saturated carbocycles. The molecule has 322 valence electrons. The number of benzene rings is 11. The first-order valence-electron chi connectivity index (χ1n) is 23.8. The van der Waals surface area contributed by atoms with Crippen LogP contribution >= 0.6 is 11.8 Å². The van der Waals surface area contributed by atoms with Crippen molar-refractivity contribution in [1.82, 2.24) is 0 Å². The summed E-state index contributed by atoms with van der Waals surface area (Å²) in [6.07, 6.45) is 0. The minimum atomic E-state index is -0.597. The highest BCUT2D eigenvalue weighted by atomic mass is 32.2. The molecule has 0 fully saturated rings. The fraction of sp³-hybridized carbons (Fsp3) is 0.0303. The average Bonchev–Trinajstić information content (AvgIpc) is 3.87. The molecular formula is C66H41NOS.